The zero-order chi connectivity index (χ0) is 15.6. The monoisotopic (exact) mass is 327 g/mol. The normalized spacial score (nSPS) is 11.3. The molecule has 0 unspecified atom stereocenters. The van der Waals surface area contributed by atoms with Crippen LogP contribution in [0.25, 0.3) is 0 Å². The Morgan fingerprint density at radius 2 is 2.00 bits per heavy atom. The van der Waals surface area contributed by atoms with Gasteiger partial charge in [0.05, 0.1) is 11.4 Å². The third-order valence-corrected chi connectivity index (χ3v) is 4.53. The van der Waals surface area contributed by atoms with Crippen molar-refractivity contribution in [2.24, 2.45) is 0 Å². The number of pyridine rings is 1. The number of hydrogen-bond acceptors (Lipinski definition) is 4. The van der Waals surface area contributed by atoms with Crippen LogP contribution in [0.2, 0.25) is 5.02 Å². The smallest absolute Gasteiger partial charge is 0.263 e. The zero-order valence-corrected chi connectivity index (χ0v) is 12.8. The van der Waals surface area contributed by atoms with Crippen LogP contribution in [0.4, 0.5) is 11.4 Å². The van der Waals surface area contributed by atoms with Gasteiger partial charge in [0.2, 0.25) is 0 Å². The number of rotatable bonds is 4. The van der Waals surface area contributed by atoms with Gasteiger partial charge in [-0.25, -0.2) is 8.42 Å². The SMILES string of the molecule is CCn1cc(NS(=O)(=O)c2ccc(Cl)cc2N)ccc1=O. The van der Waals surface area contributed by atoms with E-state index < -0.39 is 10.0 Å². The lowest BCUT2D eigenvalue weighted by molar-refractivity contribution is 0.601. The Bertz CT molecular complexity index is 831. The summed E-state index contributed by atoms with van der Waals surface area (Å²) in [6, 6.07) is 6.84. The molecule has 0 bridgehead atoms. The van der Waals surface area contributed by atoms with Crippen molar-refractivity contribution < 1.29 is 8.42 Å². The van der Waals surface area contributed by atoms with Crippen LogP contribution in [-0.2, 0) is 16.6 Å². The Labute approximate surface area is 127 Å². The summed E-state index contributed by atoms with van der Waals surface area (Å²) >= 11 is 5.75. The van der Waals surface area contributed by atoms with Gasteiger partial charge in [0.1, 0.15) is 4.90 Å². The number of nitrogen functional groups attached to an aromatic ring is 1. The maximum atomic E-state index is 12.3. The summed E-state index contributed by atoms with van der Waals surface area (Å²) in [4.78, 5) is 11.4. The molecule has 0 atom stereocenters. The summed E-state index contributed by atoms with van der Waals surface area (Å²) in [7, 11) is -3.85. The molecule has 0 saturated heterocycles. The van der Waals surface area contributed by atoms with Gasteiger partial charge in [-0.05, 0) is 31.2 Å². The second kappa shape index (κ2) is 5.79. The number of benzene rings is 1. The van der Waals surface area contributed by atoms with Gasteiger partial charge in [-0.3, -0.25) is 9.52 Å². The van der Waals surface area contributed by atoms with Crippen molar-refractivity contribution in [3.8, 4) is 0 Å². The lowest BCUT2D eigenvalue weighted by atomic mass is 10.3. The van der Waals surface area contributed by atoms with Gasteiger partial charge in [0, 0.05) is 23.8 Å². The van der Waals surface area contributed by atoms with Crippen molar-refractivity contribution in [2.75, 3.05) is 10.5 Å². The van der Waals surface area contributed by atoms with Crippen molar-refractivity contribution in [3.05, 3.63) is 51.9 Å². The Balaban J connectivity index is 2.39. The molecular formula is C13H14ClN3O3S. The summed E-state index contributed by atoms with van der Waals surface area (Å²) in [5.74, 6) is 0. The number of anilines is 2. The lowest BCUT2D eigenvalue weighted by Crippen LogP contribution is -2.20. The predicted octanol–water partition coefficient (Wildman–Crippen LogP) is 1.90. The maximum absolute atomic E-state index is 12.3. The van der Waals surface area contributed by atoms with E-state index in [9.17, 15) is 13.2 Å². The van der Waals surface area contributed by atoms with Crippen LogP contribution in [0.3, 0.4) is 0 Å². The summed E-state index contributed by atoms with van der Waals surface area (Å²) in [6.07, 6.45) is 1.44. The fraction of sp³-hybridized carbons (Fsp3) is 0.154. The van der Waals surface area contributed by atoms with Gasteiger partial charge in [-0.2, -0.15) is 0 Å². The molecule has 1 aromatic heterocycles. The van der Waals surface area contributed by atoms with Crippen LogP contribution in [0.15, 0.2) is 46.2 Å². The molecule has 0 amide bonds. The van der Waals surface area contributed by atoms with E-state index in [1.54, 1.807) is 6.92 Å². The second-order valence-electron chi connectivity index (χ2n) is 4.33. The maximum Gasteiger partial charge on any atom is 0.263 e. The highest BCUT2D eigenvalue weighted by Gasteiger charge is 2.18. The van der Waals surface area contributed by atoms with E-state index in [1.165, 1.54) is 41.1 Å². The van der Waals surface area contributed by atoms with E-state index in [4.69, 9.17) is 17.3 Å². The number of nitrogens with two attached hydrogens (primary N) is 1. The third kappa shape index (κ3) is 3.37. The highest BCUT2D eigenvalue weighted by Crippen LogP contribution is 2.24. The van der Waals surface area contributed by atoms with Crippen molar-refractivity contribution in [3.63, 3.8) is 0 Å². The molecular weight excluding hydrogens is 314 g/mol. The first kappa shape index (κ1) is 15.4. The van der Waals surface area contributed by atoms with Gasteiger partial charge in [0.15, 0.2) is 0 Å². The quantitative estimate of drug-likeness (QED) is 0.839. The van der Waals surface area contributed by atoms with Gasteiger partial charge < -0.3 is 10.3 Å². The number of aryl methyl sites for hydroxylation is 1. The lowest BCUT2D eigenvalue weighted by Gasteiger charge is -2.11. The number of nitrogens with one attached hydrogen (secondary N) is 1. The van der Waals surface area contributed by atoms with Gasteiger partial charge in [0.25, 0.3) is 15.6 Å². The fourth-order valence-corrected chi connectivity index (χ4v) is 3.15. The highest BCUT2D eigenvalue weighted by molar-refractivity contribution is 7.92. The molecule has 6 nitrogen and oxygen atoms in total. The van der Waals surface area contributed by atoms with Crippen LogP contribution in [0.1, 0.15) is 6.92 Å². The van der Waals surface area contributed by atoms with Crippen LogP contribution < -0.4 is 16.0 Å². The minimum absolute atomic E-state index is 0.0545. The largest absolute Gasteiger partial charge is 0.398 e. The van der Waals surface area contributed by atoms with Gasteiger partial charge in [-0.15, -0.1) is 0 Å². The Morgan fingerprint density at radius 1 is 1.29 bits per heavy atom. The van der Waals surface area contributed by atoms with E-state index in [-0.39, 0.29) is 21.8 Å². The molecule has 0 saturated carbocycles. The van der Waals surface area contributed by atoms with E-state index in [0.29, 0.717) is 11.6 Å². The molecule has 1 aromatic carbocycles. The molecule has 3 N–H and O–H groups in total. The average Bonchev–Trinajstić information content (AvgIpc) is 2.40. The van der Waals surface area contributed by atoms with Crippen molar-refractivity contribution in [1.82, 2.24) is 4.57 Å². The molecule has 0 radical (unpaired) electrons. The van der Waals surface area contributed by atoms with Crippen LogP contribution in [0, 0.1) is 0 Å². The highest BCUT2D eigenvalue weighted by atomic mass is 35.5. The van der Waals surface area contributed by atoms with Crippen LogP contribution >= 0.6 is 11.6 Å². The Morgan fingerprint density at radius 3 is 2.62 bits per heavy atom. The summed E-state index contributed by atoms with van der Waals surface area (Å²) < 4.78 is 28.4. The number of nitrogens with zero attached hydrogens (tertiary/aromatic N) is 1. The number of aromatic nitrogens is 1. The molecule has 2 aromatic rings. The molecule has 1 heterocycles. The molecule has 0 aliphatic carbocycles. The first-order valence-electron chi connectivity index (χ1n) is 6.12. The topological polar surface area (TPSA) is 94.2 Å². The van der Waals surface area contributed by atoms with Crippen molar-refractivity contribution >= 4 is 33.0 Å². The van der Waals surface area contributed by atoms with E-state index in [2.05, 4.69) is 4.72 Å². The average molecular weight is 328 g/mol. The van der Waals surface area contributed by atoms with E-state index >= 15 is 0 Å². The standard InChI is InChI=1S/C13H14ClN3O3S/c1-2-17-8-10(4-6-13(17)18)16-21(19,20)12-5-3-9(14)7-11(12)15/h3-8,16H,2,15H2,1H3. The van der Waals surface area contributed by atoms with E-state index in [1.807, 2.05) is 0 Å². The van der Waals surface area contributed by atoms with Gasteiger partial charge >= 0.3 is 0 Å². The first-order valence-corrected chi connectivity index (χ1v) is 7.98. The number of halogens is 1. The molecule has 0 aliphatic heterocycles. The minimum atomic E-state index is -3.85. The fourth-order valence-electron chi connectivity index (χ4n) is 1.81. The molecule has 112 valence electrons. The molecule has 2 rings (SSSR count). The number of hydrogen-bond donors (Lipinski definition) is 2. The van der Waals surface area contributed by atoms with E-state index in [0.717, 1.165) is 0 Å². The first-order chi connectivity index (χ1) is 9.83. The third-order valence-electron chi connectivity index (χ3n) is 2.84. The molecule has 8 heteroatoms. The molecule has 0 spiro atoms. The second-order valence-corrected chi connectivity index (χ2v) is 6.42. The minimum Gasteiger partial charge on any atom is -0.398 e. The Hall–Kier alpha value is -1.99. The van der Waals surface area contributed by atoms with Crippen molar-refractivity contribution in [2.45, 2.75) is 18.4 Å². The molecule has 0 fully saturated rings. The van der Waals surface area contributed by atoms with Crippen LogP contribution in [0.5, 0.6) is 0 Å². The Kier molecular flexibility index (Phi) is 4.24. The predicted molar refractivity (Wildman–Crippen MR) is 83.0 cm³/mol. The molecule has 0 aliphatic rings. The molecule has 21 heavy (non-hydrogen) atoms. The number of sulfonamides is 1. The van der Waals surface area contributed by atoms with Crippen molar-refractivity contribution in [1.29, 1.82) is 0 Å². The summed E-state index contributed by atoms with van der Waals surface area (Å²) in [6.45, 7) is 2.23. The zero-order valence-electron chi connectivity index (χ0n) is 11.2. The van der Waals surface area contributed by atoms with Gasteiger partial charge in [-0.1, -0.05) is 11.6 Å². The van der Waals surface area contributed by atoms with Crippen LogP contribution in [-0.4, -0.2) is 13.0 Å². The summed E-state index contributed by atoms with van der Waals surface area (Å²) in [5, 5.41) is 0.353. The summed E-state index contributed by atoms with van der Waals surface area (Å²) in [5.41, 5.74) is 5.82.